The summed E-state index contributed by atoms with van der Waals surface area (Å²) >= 11 is 0. The molecule has 4 nitrogen and oxygen atoms in total. The monoisotopic (exact) mass is 436 g/mol. The minimum absolute atomic E-state index is 0.260. The fraction of sp³-hybridized carbons (Fsp3) is 0. The van der Waals surface area contributed by atoms with Gasteiger partial charge in [-0.1, -0.05) is 66.7 Å². The van der Waals surface area contributed by atoms with Gasteiger partial charge in [0.2, 0.25) is 0 Å². The number of hydrogen-bond donors (Lipinski definition) is 0. The molecular formula is C29H17BN2O2. The van der Waals surface area contributed by atoms with Crippen LogP contribution in [0, 0.1) is 0 Å². The lowest BCUT2D eigenvalue weighted by molar-refractivity contribution is 0.604. The van der Waals surface area contributed by atoms with Gasteiger partial charge in [-0.3, -0.25) is 4.98 Å². The maximum atomic E-state index is 6.75. The van der Waals surface area contributed by atoms with Crippen molar-refractivity contribution < 1.29 is 9.07 Å². The number of nitrogens with zero attached hydrogens (tertiary/aromatic N) is 2. The van der Waals surface area contributed by atoms with Gasteiger partial charge in [0, 0.05) is 51.0 Å². The fourth-order valence-electron chi connectivity index (χ4n) is 5.52. The zero-order chi connectivity index (χ0) is 22.2. The first-order valence-corrected chi connectivity index (χ1v) is 11.4. The summed E-state index contributed by atoms with van der Waals surface area (Å²) in [5.41, 5.74) is 9.47. The van der Waals surface area contributed by atoms with Crippen LogP contribution in [0.4, 0.5) is 11.4 Å². The summed E-state index contributed by atoms with van der Waals surface area (Å²) in [6.07, 6.45) is 3.77. The Balaban J connectivity index is 1.39. The van der Waals surface area contributed by atoms with Crippen LogP contribution >= 0.6 is 0 Å². The molecule has 6 aromatic rings. The van der Waals surface area contributed by atoms with E-state index in [1.54, 1.807) is 0 Å². The van der Waals surface area contributed by atoms with Gasteiger partial charge in [-0.25, -0.2) is 0 Å². The SMILES string of the molecule is c1ccc2c(c1)-c1ccncc1B1Oc3c(-c4cccc5c4oc4ccccc45)cccc3N12. The molecule has 4 aromatic carbocycles. The lowest BCUT2D eigenvalue weighted by atomic mass is 9.65. The average Bonchev–Trinajstić information content (AvgIpc) is 3.48. The normalized spacial score (nSPS) is 13.4. The van der Waals surface area contributed by atoms with Gasteiger partial charge in [-0.2, -0.15) is 0 Å². The number of rotatable bonds is 1. The second-order valence-electron chi connectivity index (χ2n) is 8.75. The van der Waals surface area contributed by atoms with Crippen molar-refractivity contribution in [3.05, 3.63) is 103 Å². The fourth-order valence-corrected chi connectivity index (χ4v) is 5.52. The second-order valence-corrected chi connectivity index (χ2v) is 8.75. The van der Waals surface area contributed by atoms with E-state index in [0.717, 1.165) is 55.7 Å². The molecule has 8 rings (SSSR count). The number of furan rings is 1. The predicted molar refractivity (Wildman–Crippen MR) is 137 cm³/mol. The third kappa shape index (κ3) is 2.26. The Morgan fingerprint density at radius 3 is 2.41 bits per heavy atom. The summed E-state index contributed by atoms with van der Waals surface area (Å²) in [4.78, 5) is 6.71. The van der Waals surface area contributed by atoms with Crippen LogP contribution in [0.15, 0.2) is 108 Å². The molecule has 0 atom stereocenters. The first-order valence-electron chi connectivity index (χ1n) is 11.4. The van der Waals surface area contributed by atoms with Crippen molar-refractivity contribution in [3.8, 4) is 28.0 Å². The van der Waals surface area contributed by atoms with Gasteiger partial charge in [0.15, 0.2) is 0 Å². The molecule has 0 saturated heterocycles. The van der Waals surface area contributed by atoms with Crippen molar-refractivity contribution in [1.29, 1.82) is 0 Å². The summed E-state index contributed by atoms with van der Waals surface area (Å²) in [7, 11) is -0.260. The molecule has 2 aliphatic rings. The Labute approximate surface area is 196 Å². The lowest BCUT2D eigenvalue weighted by Gasteiger charge is -2.30. The first kappa shape index (κ1) is 18.0. The molecule has 2 aliphatic heterocycles. The van der Waals surface area contributed by atoms with Crippen LogP contribution in [0.3, 0.4) is 0 Å². The molecule has 0 fully saturated rings. The Kier molecular flexibility index (Phi) is 3.45. The molecule has 2 aromatic heterocycles. The molecule has 4 heterocycles. The summed E-state index contributed by atoms with van der Waals surface area (Å²) < 4.78 is 13.1. The highest BCUT2D eigenvalue weighted by Gasteiger charge is 2.46. The van der Waals surface area contributed by atoms with Crippen LogP contribution in [-0.2, 0) is 0 Å². The molecular weight excluding hydrogens is 419 g/mol. The van der Waals surface area contributed by atoms with Crippen LogP contribution < -0.4 is 14.9 Å². The van der Waals surface area contributed by atoms with Gasteiger partial charge in [0.05, 0.1) is 5.69 Å². The third-order valence-electron chi connectivity index (χ3n) is 6.98. The quantitative estimate of drug-likeness (QED) is 0.274. The molecule has 0 unspecified atom stereocenters. The zero-order valence-corrected chi connectivity index (χ0v) is 18.1. The number of benzene rings is 4. The second kappa shape index (κ2) is 6.52. The van der Waals surface area contributed by atoms with Gasteiger partial charge >= 0.3 is 7.05 Å². The van der Waals surface area contributed by atoms with E-state index in [1.807, 2.05) is 30.6 Å². The number of aromatic nitrogens is 1. The summed E-state index contributed by atoms with van der Waals surface area (Å²) in [5.74, 6) is 0.868. The topological polar surface area (TPSA) is 38.5 Å². The standard InChI is InChI=1S/C29H17BN2O2/c1-3-12-25-19(7-1)18-15-16-31-17-24(18)30-32(25)26-13-6-11-23(29(26)34-30)22-10-5-9-21-20-8-2-4-14-27(20)33-28(21)22/h1-17H. The van der Waals surface area contributed by atoms with Gasteiger partial charge < -0.3 is 13.9 Å². The van der Waals surface area contributed by atoms with Crippen molar-refractivity contribution >= 4 is 45.8 Å². The molecule has 34 heavy (non-hydrogen) atoms. The van der Waals surface area contributed by atoms with E-state index in [9.17, 15) is 0 Å². The first-order chi connectivity index (χ1) is 16.9. The van der Waals surface area contributed by atoms with E-state index >= 15 is 0 Å². The van der Waals surface area contributed by atoms with E-state index in [2.05, 4.69) is 82.6 Å². The van der Waals surface area contributed by atoms with Gasteiger partial charge in [0.1, 0.15) is 16.9 Å². The minimum Gasteiger partial charge on any atom is -0.535 e. The molecule has 0 radical (unpaired) electrons. The maximum absolute atomic E-state index is 6.75. The van der Waals surface area contributed by atoms with E-state index in [1.165, 1.54) is 11.1 Å². The Morgan fingerprint density at radius 2 is 1.41 bits per heavy atom. The maximum Gasteiger partial charge on any atom is 0.526 e. The van der Waals surface area contributed by atoms with Crippen molar-refractivity contribution in [1.82, 2.24) is 4.98 Å². The van der Waals surface area contributed by atoms with Crippen LogP contribution in [-0.4, -0.2) is 12.0 Å². The Bertz CT molecular complexity index is 1770. The number of hydrogen-bond acceptors (Lipinski definition) is 4. The molecule has 0 bridgehead atoms. The average molecular weight is 436 g/mol. The van der Waals surface area contributed by atoms with E-state index in [4.69, 9.17) is 9.07 Å². The van der Waals surface area contributed by atoms with Crippen molar-refractivity contribution in [2.24, 2.45) is 0 Å². The lowest BCUT2D eigenvalue weighted by Crippen LogP contribution is -2.50. The van der Waals surface area contributed by atoms with Gasteiger partial charge in [-0.15, -0.1) is 0 Å². The largest absolute Gasteiger partial charge is 0.535 e. The van der Waals surface area contributed by atoms with Crippen molar-refractivity contribution in [2.75, 3.05) is 4.81 Å². The smallest absolute Gasteiger partial charge is 0.526 e. The molecule has 158 valence electrons. The summed E-state index contributed by atoms with van der Waals surface area (Å²) in [5, 5.41) is 2.24. The third-order valence-corrected chi connectivity index (χ3v) is 6.98. The van der Waals surface area contributed by atoms with Gasteiger partial charge in [0.25, 0.3) is 0 Å². The van der Waals surface area contributed by atoms with E-state index in [-0.39, 0.29) is 7.05 Å². The zero-order valence-electron chi connectivity index (χ0n) is 18.1. The number of para-hydroxylation sites is 4. The van der Waals surface area contributed by atoms with Crippen LogP contribution in [0.25, 0.3) is 44.2 Å². The Hall–Kier alpha value is -4.51. The highest BCUT2D eigenvalue weighted by molar-refractivity contribution is 6.77. The summed E-state index contributed by atoms with van der Waals surface area (Å²) in [6, 6.07) is 31.4. The summed E-state index contributed by atoms with van der Waals surface area (Å²) in [6.45, 7) is 0. The molecule has 0 aliphatic carbocycles. The Morgan fingerprint density at radius 1 is 0.647 bits per heavy atom. The number of pyridine rings is 1. The number of fused-ring (bicyclic) bond motifs is 11. The predicted octanol–water partition coefficient (Wildman–Crippen LogP) is 6.55. The minimum atomic E-state index is -0.260. The highest BCUT2D eigenvalue weighted by atomic mass is 16.5. The van der Waals surface area contributed by atoms with Crippen molar-refractivity contribution in [2.45, 2.75) is 0 Å². The van der Waals surface area contributed by atoms with E-state index in [0.29, 0.717) is 0 Å². The van der Waals surface area contributed by atoms with Crippen LogP contribution in [0.5, 0.6) is 5.75 Å². The van der Waals surface area contributed by atoms with Crippen LogP contribution in [0.1, 0.15) is 0 Å². The number of anilines is 2. The van der Waals surface area contributed by atoms with Gasteiger partial charge in [-0.05, 0) is 29.8 Å². The molecule has 0 amide bonds. The molecule has 0 N–H and O–H groups in total. The van der Waals surface area contributed by atoms with Crippen LogP contribution in [0.2, 0.25) is 0 Å². The van der Waals surface area contributed by atoms with E-state index < -0.39 is 0 Å². The van der Waals surface area contributed by atoms with Crippen molar-refractivity contribution in [3.63, 3.8) is 0 Å². The molecule has 0 saturated carbocycles. The molecule has 0 spiro atoms. The molecule has 5 heteroatoms. The highest BCUT2D eigenvalue weighted by Crippen LogP contribution is 2.51.